The van der Waals surface area contributed by atoms with Crippen LogP contribution in [-0.2, 0) is 14.2 Å². The van der Waals surface area contributed by atoms with Crippen LogP contribution in [0.3, 0.4) is 0 Å². The Kier molecular flexibility index (Phi) is 7.51. The van der Waals surface area contributed by atoms with Crippen LogP contribution in [0.4, 0.5) is 0 Å². The third-order valence-corrected chi connectivity index (χ3v) is 3.78. The third-order valence-electron chi connectivity index (χ3n) is 3.08. The summed E-state index contributed by atoms with van der Waals surface area (Å²) in [5.74, 6) is 1.00. The summed E-state index contributed by atoms with van der Waals surface area (Å²) in [6, 6.07) is 0. The van der Waals surface area contributed by atoms with Gasteiger partial charge in [0, 0.05) is 13.7 Å². The fraction of sp³-hybridized carbons (Fsp3) is 1.00. The highest BCUT2D eigenvalue weighted by atomic mass is 32.2. The Morgan fingerprint density at radius 2 is 2.00 bits per heavy atom. The molecular formula is C12H24O5S. The third kappa shape index (κ3) is 4.08. The van der Waals surface area contributed by atoms with Crippen LogP contribution in [0.15, 0.2) is 0 Å². The van der Waals surface area contributed by atoms with Crippen molar-refractivity contribution in [2.45, 2.75) is 50.5 Å². The van der Waals surface area contributed by atoms with E-state index in [0.717, 1.165) is 12.2 Å². The molecule has 1 aliphatic heterocycles. The molecule has 0 aromatic rings. The second kappa shape index (κ2) is 8.35. The Morgan fingerprint density at radius 1 is 1.28 bits per heavy atom. The van der Waals surface area contributed by atoms with E-state index in [9.17, 15) is 10.2 Å². The molecule has 2 unspecified atom stereocenters. The monoisotopic (exact) mass is 280 g/mol. The highest BCUT2D eigenvalue weighted by molar-refractivity contribution is 7.98. The summed E-state index contributed by atoms with van der Waals surface area (Å²) in [4.78, 5) is 0. The number of rotatable bonds is 7. The van der Waals surface area contributed by atoms with Gasteiger partial charge in [-0.05, 0) is 24.9 Å². The Labute approximate surface area is 113 Å². The van der Waals surface area contributed by atoms with Gasteiger partial charge in [0.1, 0.15) is 18.3 Å². The fourth-order valence-electron chi connectivity index (χ4n) is 2.03. The fourth-order valence-corrected chi connectivity index (χ4v) is 2.44. The average Bonchev–Trinajstić information content (AvgIpc) is 2.39. The Hall–Kier alpha value is 0.150. The van der Waals surface area contributed by atoms with Gasteiger partial charge < -0.3 is 24.4 Å². The molecule has 0 aromatic carbocycles. The summed E-state index contributed by atoms with van der Waals surface area (Å²) < 4.78 is 16.4. The summed E-state index contributed by atoms with van der Waals surface area (Å²) in [5.41, 5.74) is 0. The average molecular weight is 280 g/mol. The molecule has 2 N–H and O–H groups in total. The number of aliphatic hydroxyl groups excluding tert-OH is 2. The number of ether oxygens (including phenoxy) is 3. The lowest BCUT2D eigenvalue weighted by atomic mass is 9.97. The van der Waals surface area contributed by atoms with Gasteiger partial charge in [0.25, 0.3) is 0 Å². The van der Waals surface area contributed by atoms with Crippen molar-refractivity contribution in [1.29, 1.82) is 0 Å². The van der Waals surface area contributed by atoms with Crippen molar-refractivity contribution in [3.8, 4) is 0 Å². The quantitative estimate of drug-likeness (QED) is 0.667. The van der Waals surface area contributed by atoms with E-state index in [2.05, 4.69) is 0 Å². The number of thioether (sulfide) groups is 1. The van der Waals surface area contributed by atoms with E-state index in [-0.39, 0.29) is 0 Å². The minimum Gasteiger partial charge on any atom is -0.388 e. The Balaban J connectivity index is 2.52. The Morgan fingerprint density at radius 3 is 2.56 bits per heavy atom. The van der Waals surface area contributed by atoms with Crippen LogP contribution >= 0.6 is 11.8 Å². The van der Waals surface area contributed by atoms with Crippen molar-refractivity contribution < 1.29 is 24.4 Å². The molecule has 0 spiro atoms. The standard InChI is InChI=1S/C12H24O5S/c1-4-8-9(13)10(14)11(12(15-2)17-8)16-6-5-7-18-3/h8-14H,4-7H2,1-3H3/t8?,9-,10+,11?,12+/m1/s1. The molecule has 108 valence electrons. The number of hydrogen-bond acceptors (Lipinski definition) is 6. The molecule has 1 fully saturated rings. The van der Waals surface area contributed by atoms with Crippen LogP contribution in [0.5, 0.6) is 0 Å². The van der Waals surface area contributed by atoms with Crippen molar-refractivity contribution in [3.05, 3.63) is 0 Å². The molecule has 1 heterocycles. The normalized spacial score (nSPS) is 36.8. The van der Waals surface area contributed by atoms with Gasteiger partial charge in [0.15, 0.2) is 6.29 Å². The molecule has 6 heteroatoms. The van der Waals surface area contributed by atoms with E-state index in [1.807, 2.05) is 13.2 Å². The molecule has 0 amide bonds. The second-order valence-corrected chi connectivity index (χ2v) is 5.34. The lowest BCUT2D eigenvalue weighted by Gasteiger charge is -2.41. The lowest BCUT2D eigenvalue weighted by Crippen LogP contribution is -2.58. The maximum atomic E-state index is 10.1. The van der Waals surface area contributed by atoms with Crippen molar-refractivity contribution in [2.24, 2.45) is 0 Å². The van der Waals surface area contributed by atoms with Crippen molar-refractivity contribution in [1.82, 2.24) is 0 Å². The zero-order valence-corrected chi connectivity index (χ0v) is 12.1. The van der Waals surface area contributed by atoms with E-state index < -0.39 is 30.7 Å². The molecule has 1 aliphatic rings. The van der Waals surface area contributed by atoms with E-state index in [0.29, 0.717) is 13.0 Å². The summed E-state index contributed by atoms with van der Waals surface area (Å²) in [5, 5.41) is 20.0. The van der Waals surface area contributed by atoms with E-state index in [4.69, 9.17) is 14.2 Å². The summed E-state index contributed by atoms with van der Waals surface area (Å²) in [6.07, 6.45) is 0.000477. The Bertz CT molecular complexity index is 227. The van der Waals surface area contributed by atoms with Gasteiger partial charge in [-0.2, -0.15) is 11.8 Å². The zero-order chi connectivity index (χ0) is 13.5. The maximum Gasteiger partial charge on any atom is 0.186 e. The van der Waals surface area contributed by atoms with E-state index in [1.54, 1.807) is 11.8 Å². The smallest absolute Gasteiger partial charge is 0.186 e. The molecular weight excluding hydrogens is 256 g/mol. The van der Waals surface area contributed by atoms with Crippen LogP contribution in [0.25, 0.3) is 0 Å². The van der Waals surface area contributed by atoms with Gasteiger partial charge in [-0.15, -0.1) is 0 Å². The van der Waals surface area contributed by atoms with Crippen LogP contribution < -0.4 is 0 Å². The first-order chi connectivity index (χ1) is 8.65. The lowest BCUT2D eigenvalue weighted by molar-refractivity contribution is -0.299. The molecule has 5 atom stereocenters. The van der Waals surface area contributed by atoms with E-state index >= 15 is 0 Å². The van der Waals surface area contributed by atoms with Crippen LogP contribution in [0.2, 0.25) is 0 Å². The van der Waals surface area contributed by atoms with Gasteiger partial charge in [0.2, 0.25) is 0 Å². The number of methoxy groups -OCH3 is 1. The van der Waals surface area contributed by atoms with E-state index in [1.165, 1.54) is 7.11 Å². The van der Waals surface area contributed by atoms with Crippen LogP contribution in [-0.4, -0.2) is 66.6 Å². The first kappa shape index (κ1) is 16.2. The second-order valence-electron chi connectivity index (χ2n) is 4.35. The van der Waals surface area contributed by atoms with Gasteiger partial charge in [-0.25, -0.2) is 0 Å². The highest BCUT2D eigenvalue weighted by Gasteiger charge is 2.44. The predicted octanol–water partition coefficient (Wildman–Crippen LogP) is 0.628. The largest absolute Gasteiger partial charge is 0.388 e. The topological polar surface area (TPSA) is 68.2 Å². The predicted molar refractivity (Wildman–Crippen MR) is 70.7 cm³/mol. The van der Waals surface area contributed by atoms with Crippen molar-refractivity contribution in [2.75, 3.05) is 25.7 Å². The molecule has 0 radical (unpaired) electrons. The maximum absolute atomic E-state index is 10.1. The van der Waals surface area contributed by atoms with Gasteiger partial charge in [-0.1, -0.05) is 6.92 Å². The molecule has 1 rings (SSSR count). The molecule has 5 nitrogen and oxygen atoms in total. The molecule has 0 aromatic heterocycles. The molecule has 0 aliphatic carbocycles. The molecule has 0 saturated carbocycles. The zero-order valence-electron chi connectivity index (χ0n) is 11.2. The number of aliphatic hydroxyl groups is 2. The van der Waals surface area contributed by atoms with Gasteiger partial charge in [0.05, 0.1) is 6.10 Å². The van der Waals surface area contributed by atoms with Crippen molar-refractivity contribution in [3.63, 3.8) is 0 Å². The summed E-state index contributed by atoms with van der Waals surface area (Å²) in [7, 11) is 1.51. The van der Waals surface area contributed by atoms with Gasteiger partial charge in [-0.3, -0.25) is 0 Å². The first-order valence-electron chi connectivity index (χ1n) is 6.30. The summed E-state index contributed by atoms with van der Waals surface area (Å²) in [6.45, 7) is 2.42. The SMILES string of the molecule is CCC1O[C@H](OC)C(OCCCSC)[C@@H](O)[C@@H]1O. The van der Waals surface area contributed by atoms with Gasteiger partial charge >= 0.3 is 0 Å². The first-order valence-corrected chi connectivity index (χ1v) is 7.70. The molecule has 1 saturated heterocycles. The molecule has 18 heavy (non-hydrogen) atoms. The van der Waals surface area contributed by atoms with Crippen LogP contribution in [0.1, 0.15) is 19.8 Å². The minimum absolute atomic E-state index is 0.406. The van der Waals surface area contributed by atoms with Crippen molar-refractivity contribution >= 4 is 11.8 Å². The molecule has 0 bridgehead atoms. The minimum atomic E-state index is -0.970. The number of hydrogen-bond donors (Lipinski definition) is 2. The highest BCUT2D eigenvalue weighted by Crippen LogP contribution is 2.25. The summed E-state index contributed by atoms with van der Waals surface area (Å²) >= 11 is 1.75. The van der Waals surface area contributed by atoms with Crippen LogP contribution in [0, 0.1) is 0 Å².